The normalized spacial score (nSPS) is 25.2. The summed E-state index contributed by atoms with van der Waals surface area (Å²) in [5, 5.41) is 2.16. The van der Waals surface area contributed by atoms with E-state index in [0.29, 0.717) is 17.9 Å². The van der Waals surface area contributed by atoms with Crippen LogP contribution in [0.25, 0.3) is 25.1 Å². The molecule has 0 spiro atoms. The van der Waals surface area contributed by atoms with Crippen LogP contribution in [-0.2, 0) is 23.8 Å². The van der Waals surface area contributed by atoms with Crippen molar-refractivity contribution in [1.82, 2.24) is 0 Å². The Morgan fingerprint density at radius 3 is 2.05 bits per heavy atom. The van der Waals surface area contributed by atoms with Gasteiger partial charge in [-0.25, -0.2) is 4.79 Å². The van der Waals surface area contributed by atoms with Crippen LogP contribution in [0.1, 0.15) is 12.8 Å². The van der Waals surface area contributed by atoms with Crippen LogP contribution in [0.5, 0.6) is 17.2 Å². The summed E-state index contributed by atoms with van der Waals surface area (Å²) in [5.41, 5.74) is 0. The van der Waals surface area contributed by atoms with Crippen molar-refractivity contribution in [2.75, 3.05) is 6.61 Å². The molecule has 2 aliphatic carbocycles. The molecule has 5 unspecified atom stereocenters. The summed E-state index contributed by atoms with van der Waals surface area (Å²) in [6.45, 7) is -0.271. The van der Waals surface area contributed by atoms with Gasteiger partial charge >= 0.3 is 5.97 Å². The molecule has 0 N–H and O–H groups in total. The lowest BCUT2D eigenvalue weighted by Crippen LogP contribution is -2.38. The number of hydrogen-bond donors (Lipinski definition) is 0. The molecule has 1 aromatic heterocycles. The molecule has 5 aromatic rings. The van der Waals surface area contributed by atoms with Crippen LogP contribution in [0.4, 0.5) is 0 Å². The zero-order chi connectivity index (χ0) is 28.4. The van der Waals surface area contributed by atoms with E-state index in [4.69, 9.17) is 18.4 Å². The maximum atomic E-state index is 12.5. The number of carbonyl (C=O) groups excluding carboxylic acids is 1. The van der Waals surface area contributed by atoms with E-state index in [0.717, 1.165) is 12.2 Å². The van der Waals surface area contributed by atoms with Crippen molar-refractivity contribution in [3.63, 3.8) is 0 Å². The summed E-state index contributed by atoms with van der Waals surface area (Å²) in [6.07, 6.45) is 0.134. The molecule has 5 atom stereocenters. The van der Waals surface area contributed by atoms with Crippen LogP contribution in [0.2, 0.25) is 0 Å². The number of rotatable bonds is 7. The van der Waals surface area contributed by atoms with Gasteiger partial charge in [-0.3, -0.25) is 4.18 Å². The number of benzene rings is 4. The summed E-state index contributed by atoms with van der Waals surface area (Å²) in [5.74, 6) is 1.30. The average molecular weight is 600 g/mol. The van der Waals surface area contributed by atoms with Crippen molar-refractivity contribution in [1.29, 1.82) is 0 Å². The van der Waals surface area contributed by atoms with Gasteiger partial charge < -0.3 is 14.2 Å². The molecule has 3 fully saturated rings. The largest absolute Gasteiger partial charge is 0.482 e. The van der Waals surface area contributed by atoms with Gasteiger partial charge in [0.1, 0.15) is 29.5 Å². The zero-order valence-corrected chi connectivity index (χ0v) is 24.1. The summed E-state index contributed by atoms with van der Waals surface area (Å²) in [7, 11) is -3.70. The van der Waals surface area contributed by atoms with E-state index in [1.54, 1.807) is 24.3 Å². The smallest absolute Gasteiger partial charge is 0.344 e. The van der Waals surface area contributed by atoms with Crippen molar-refractivity contribution < 1.29 is 31.6 Å². The summed E-state index contributed by atoms with van der Waals surface area (Å²) >= 11 is 0. The summed E-state index contributed by atoms with van der Waals surface area (Å²) in [4.78, 5) is 13.7. The van der Waals surface area contributed by atoms with Gasteiger partial charge in [0.15, 0.2) is 20.9 Å². The predicted molar refractivity (Wildman–Crippen MR) is 161 cm³/mol. The molecule has 2 heterocycles. The Morgan fingerprint density at radius 1 is 0.786 bits per heavy atom. The molecule has 9 heteroatoms. The standard InChI is InChI=1S/C33H27O7S2/c34-31(39-32-20-17-27-30(18-20)42(35,36)40-33(27)32)19-37-21-9-11-22(12-10-21)38-23-13-15-24(16-14-23)41-28-7-3-1-5-25(28)26-6-2-4-8-29(26)41/h1-16,20,27,30,32-33H,17-19H2/q+1. The van der Waals surface area contributed by atoms with Crippen LogP contribution in [0.3, 0.4) is 0 Å². The predicted octanol–water partition coefficient (Wildman–Crippen LogP) is 6.95. The van der Waals surface area contributed by atoms with E-state index in [-0.39, 0.29) is 28.9 Å². The SMILES string of the molecule is O=C(COc1ccc(Oc2ccc(-[s+]3c4ccccc4c4ccccc43)cc2)cc1)OC1C2CC3C1OS(=O)(=O)C3C2. The molecule has 3 aliphatic rings. The van der Waals surface area contributed by atoms with Crippen molar-refractivity contribution in [3.8, 4) is 22.1 Å². The van der Waals surface area contributed by atoms with E-state index < -0.39 is 33.5 Å². The van der Waals surface area contributed by atoms with Crippen LogP contribution in [0, 0.1) is 11.8 Å². The summed E-state index contributed by atoms with van der Waals surface area (Å²) in [6, 6.07) is 32.5. The Balaban J connectivity index is 0.901. The lowest BCUT2D eigenvalue weighted by atomic mass is 9.94. The van der Waals surface area contributed by atoms with Crippen molar-refractivity contribution >= 4 is 46.7 Å². The molecule has 212 valence electrons. The number of esters is 1. The average Bonchev–Trinajstić information content (AvgIpc) is 3.72. The van der Waals surface area contributed by atoms with Gasteiger partial charge in [-0.05, 0) is 73.5 Å². The lowest BCUT2D eigenvalue weighted by molar-refractivity contribution is -0.158. The highest BCUT2D eigenvalue weighted by atomic mass is 32.2. The first-order chi connectivity index (χ1) is 20.4. The Bertz CT molecular complexity index is 1880. The second-order valence-electron chi connectivity index (χ2n) is 11.1. The third-order valence-electron chi connectivity index (χ3n) is 8.66. The molecule has 0 radical (unpaired) electrons. The monoisotopic (exact) mass is 599 g/mol. The number of hydrogen-bond acceptors (Lipinski definition) is 7. The molecule has 1 saturated heterocycles. The first-order valence-electron chi connectivity index (χ1n) is 14.0. The Labute approximate surface area is 245 Å². The highest BCUT2D eigenvalue weighted by molar-refractivity contribution is 7.87. The van der Waals surface area contributed by atoms with Crippen molar-refractivity contribution in [2.45, 2.75) is 30.3 Å². The van der Waals surface area contributed by atoms with Gasteiger partial charge in [-0.1, -0.05) is 24.3 Å². The van der Waals surface area contributed by atoms with Gasteiger partial charge in [-0.15, -0.1) is 0 Å². The molecule has 42 heavy (non-hydrogen) atoms. The minimum Gasteiger partial charge on any atom is -0.482 e. The highest BCUT2D eigenvalue weighted by Gasteiger charge is 2.65. The number of thiophene rings is 1. The molecule has 2 saturated carbocycles. The molecule has 8 rings (SSSR count). The van der Waals surface area contributed by atoms with E-state index >= 15 is 0 Å². The van der Waals surface area contributed by atoms with Crippen LogP contribution in [-0.4, -0.2) is 38.5 Å². The molecule has 7 nitrogen and oxygen atoms in total. The third kappa shape index (κ3) is 4.26. The third-order valence-corrected chi connectivity index (χ3v) is 12.8. The fraction of sp³-hybridized carbons (Fsp3) is 0.242. The maximum absolute atomic E-state index is 12.5. The van der Waals surface area contributed by atoms with Gasteiger partial charge in [0.2, 0.25) is 0 Å². The van der Waals surface area contributed by atoms with Gasteiger partial charge in [0.05, 0.1) is 5.25 Å². The van der Waals surface area contributed by atoms with Crippen LogP contribution >= 0.6 is 10.5 Å². The lowest BCUT2D eigenvalue weighted by Gasteiger charge is -2.24. The van der Waals surface area contributed by atoms with E-state index in [1.807, 2.05) is 12.1 Å². The second-order valence-corrected chi connectivity index (χ2v) is 14.8. The quantitative estimate of drug-likeness (QED) is 0.114. The number of ether oxygens (including phenoxy) is 3. The Hall–Kier alpha value is -3.92. The molecular formula is C33H27O7S2+. The highest BCUT2D eigenvalue weighted by Crippen LogP contribution is 2.55. The molecule has 1 aliphatic heterocycles. The van der Waals surface area contributed by atoms with Gasteiger partial charge in [0.25, 0.3) is 10.1 Å². The van der Waals surface area contributed by atoms with E-state index in [1.165, 1.54) is 25.1 Å². The van der Waals surface area contributed by atoms with Gasteiger partial charge in [0, 0.05) is 45.2 Å². The molecule has 0 amide bonds. The maximum Gasteiger partial charge on any atom is 0.344 e. The van der Waals surface area contributed by atoms with Crippen LogP contribution < -0.4 is 9.47 Å². The minimum atomic E-state index is -3.54. The Morgan fingerprint density at radius 2 is 1.38 bits per heavy atom. The Kier molecular flexibility index (Phi) is 6.03. The molecular weight excluding hydrogens is 572 g/mol. The number of carbonyl (C=O) groups is 1. The molecule has 2 bridgehead atoms. The molecule has 4 aromatic carbocycles. The zero-order valence-electron chi connectivity index (χ0n) is 22.4. The number of fused-ring (bicyclic) bond motifs is 4. The first-order valence-corrected chi connectivity index (χ1v) is 16.7. The topological polar surface area (TPSA) is 88.1 Å². The summed E-state index contributed by atoms with van der Waals surface area (Å²) < 4.78 is 49.5. The first kappa shape index (κ1) is 25.8. The fourth-order valence-electron chi connectivity index (χ4n) is 6.86. The van der Waals surface area contributed by atoms with Crippen molar-refractivity contribution in [3.05, 3.63) is 97.1 Å². The minimum absolute atomic E-state index is 0.0296. The van der Waals surface area contributed by atoms with Crippen LogP contribution in [0.15, 0.2) is 97.1 Å². The second kappa shape index (κ2) is 9.83. The van der Waals surface area contributed by atoms with E-state index in [9.17, 15) is 13.2 Å². The van der Waals surface area contributed by atoms with E-state index in [2.05, 4.69) is 60.7 Å². The fourth-order valence-corrected chi connectivity index (χ4v) is 11.1. The van der Waals surface area contributed by atoms with Crippen molar-refractivity contribution in [2.24, 2.45) is 11.8 Å². The van der Waals surface area contributed by atoms with Gasteiger partial charge in [-0.2, -0.15) is 8.42 Å².